The molecule has 18 heavy (non-hydrogen) atoms. The second-order valence-corrected chi connectivity index (χ2v) is 6.35. The van der Waals surface area contributed by atoms with Gasteiger partial charge in [-0.3, -0.25) is 4.79 Å². The minimum atomic E-state index is -0.944. The summed E-state index contributed by atoms with van der Waals surface area (Å²) >= 11 is 1.25. The number of aromatic hydroxyl groups is 1. The average Bonchev–Trinajstić information content (AvgIpc) is 2.95. The van der Waals surface area contributed by atoms with Crippen LogP contribution in [-0.2, 0) is 11.2 Å². The second-order valence-electron chi connectivity index (χ2n) is 5.26. The van der Waals surface area contributed by atoms with Crippen molar-refractivity contribution in [1.29, 1.82) is 0 Å². The van der Waals surface area contributed by atoms with E-state index >= 15 is 0 Å². The fourth-order valence-corrected chi connectivity index (χ4v) is 4.15. The van der Waals surface area contributed by atoms with Gasteiger partial charge in [-0.1, -0.05) is 17.8 Å². The van der Waals surface area contributed by atoms with Gasteiger partial charge in [-0.25, -0.2) is 0 Å². The van der Waals surface area contributed by atoms with Gasteiger partial charge in [0.1, 0.15) is 0 Å². The molecule has 1 heterocycles. The lowest BCUT2D eigenvalue weighted by atomic mass is 9.96. The molecule has 2 saturated carbocycles. The van der Waals surface area contributed by atoms with E-state index in [1.807, 2.05) is 0 Å². The highest BCUT2D eigenvalue weighted by Gasteiger charge is 2.39. The molecule has 0 saturated heterocycles. The molecule has 3 atom stereocenters. The van der Waals surface area contributed by atoms with Crippen LogP contribution in [0.3, 0.4) is 0 Å². The zero-order chi connectivity index (χ0) is 12.7. The maximum Gasteiger partial charge on any atom is 0.308 e. The van der Waals surface area contributed by atoms with Gasteiger partial charge in [0.25, 0.3) is 0 Å². The van der Waals surface area contributed by atoms with Gasteiger partial charge in [-0.2, -0.15) is 4.98 Å². The summed E-state index contributed by atoms with van der Waals surface area (Å²) in [4.78, 5) is 15.1. The minimum absolute atomic E-state index is 0.145. The predicted octanol–water partition coefficient (Wildman–Crippen LogP) is 2.08. The van der Waals surface area contributed by atoms with Gasteiger partial charge in [0.2, 0.25) is 5.88 Å². The largest absolute Gasteiger partial charge is 0.492 e. The SMILES string of the molecule is O=C(O)Cc1sc(NC2CC3CCC2C3)nc1O. The lowest BCUT2D eigenvalue weighted by Crippen LogP contribution is -2.25. The van der Waals surface area contributed by atoms with Crippen molar-refractivity contribution in [1.82, 2.24) is 4.98 Å². The lowest BCUT2D eigenvalue weighted by Gasteiger charge is -2.22. The molecule has 1 aromatic heterocycles. The third-order valence-corrected chi connectivity index (χ3v) is 5.01. The molecule has 2 bridgehead atoms. The summed E-state index contributed by atoms with van der Waals surface area (Å²) in [6.07, 6.45) is 4.94. The molecule has 5 nitrogen and oxygen atoms in total. The Morgan fingerprint density at radius 3 is 2.89 bits per heavy atom. The Morgan fingerprint density at radius 2 is 2.28 bits per heavy atom. The van der Waals surface area contributed by atoms with Crippen LogP contribution in [0.4, 0.5) is 5.13 Å². The Labute approximate surface area is 109 Å². The van der Waals surface area contributed by atoms with Crippen molar-refractivity contribution < 1.29 is 15.0 Å². The van der Waals surface area contributed by atoms with Gasteiger partial charge >= 0.3 is 5.97 Å². The van der Waals surface area contributed by atoms with E-state index in [-0.39, 0.29) is 12.3 Å². The fourth-order valence-electron chi connectivity index (χ4n) is 3.24. The average molecular weight is 268 g/mol. The minimum Gasteiger partial charge on any atom is -0.492 e. The van der Waals surface area contributed by atoms with Crippen molar-refractivity contribution in [2.24, 2.45) is 11.8 Å². The molecule has 3 rings (SSSR count). The van der Waals surface area contributed by atoms with Gasteiger partial charge in [-0.05, 0) is 31.1 Å². The summed E-state index contributed by atoms with van der Waals surface area (Å²) in [6, 6.07) is 0.451. The molecule has 0 aromatic carbocycles. The van der Waals surface area contributed by atoms with Gasteiger partial charge in [0.15, 0.2) is 5.13 Å². The molecule has 3 unspecified atom stereocenters. The molecule has 98 valence electrons. The van der Waals surface area contributed by atoms with E-state index in [4.69, 9.17) is 5.11 Å². The summed E-state index contributed by atoms with van der Waals surface area (Å²) in [5, 5.41) is 22.3. The fraction of sp³-hybridized carbons (Fsp3) is 0.667. The highest BCUT2D eigenvalue weighted by Crippen LogP contribution is 2.46. The van der Waals surface area contributed by atoms with Crippen LogP contribution in [0.1, 0.15) is 30.6 Å². The molecule has 0 aliphatic heterocycles. The zero-order valence-electron chi connectivity index (χ0n) is 9.93. The van der Waals surface area contributed by atoms with E-state index in [0.717, 1.165) is 11.8 Å². The third kappa shape index (κ3) is 2.16. The molecule has 2 aliphatic rings. The van der Waals surface area contributed by atoms with Crippen LogP contribution >= 0.6 is 11.3 Å². The lowest BCUT2D eigenvalue weighted by molar-refractivity contribution is -0.136. The maximum atomic E-state index is 10.6. The van der Waals surface area contributed by atoms with Crippen molar-refractivity contribution in [2.75, 3.05) is 5.32 Å². The Hall–Kier alpha value is -1.30. The molecule has 1 aromatic rings. The first-order chi connectivity index (χ1) is 8.61. The number of carboxylic acid groups (broad SMARTS) is 1. The summed E-state index contributed by atoms with van der Waals surface area (Å²) in [6.45, 7) is 0. The van der Waals surface area contributed by atoms with Crippen LogP contribution in [0.5, 0.6) is 5.88 Å². The van der Waals surface area contributed by atoms with Crippen molar-refractivity contribution in [2.45, 2.75) is 38.1 Å². The molecule has 3 N–H and O–H groups in total. The smallest absolute Gasteiger partial charge is 0.308 e. The van der Waals surface area contributed by atoms with E-state index in [1.54, 1.807) is 0 Å². The van der Waals surface area contributed by atoms with Crippen molar-refractivity contribution in [3.63, 3.8) is 0 Å². The quantitative estimate of drug-likeness (QED) is 0.778. The number of nitrogens with zero attached hydrogens (tertiary/aromatic N) is 1. The number of fused-ring (bicyclic) bond motifs is 2. The van der Waals surface area contributed by atoms with Gasteiger partial charge < -0.3 is 15.5 Å². The van der Waals surface area contributed by atoms with Crippen molar-refractivity contribution in [3.8, 4) is 5.88 Å². The van der Waals surface area contributed by atoms with Gasteiger partial charge in [-0.15, -0.1) is 0 Å². The number of carboxylic acids is 1. The number of hydrogen-bond donors (Lipinski definition) is 3. The van der Waals surface area contributed by atoms with E-state index in [1.165, 1.54) is 37.0 Å². The standard InChI is InChI=1S/C12H16N2O3S/c15-10(16)5-9-11(17)14-12(18-9)13-8-4-6-1-2-7(8)3-6/h6-8,17H,1-5H2,(H,13,14)(H,15,16). The normalized spacial score (nSPS) is 29.7. The van der Waals surface area contributed by atoms with Crippen LogP contribution in [0, 0.1) is 11.8 Å². The highest BCUT2D eigenvalue weighted by atomic mass is 32.1. The summed E-state index contributed by atoms with van der Waals surface area (Å²) in [5.74, 6) is 0.483. The van der Waals surface area contributed by atoms with Crippen LogP contribution in [0.15, 0.2) is 0 Å². The Morgan fingerprint density at radius 1 is 1.44 bits per heavy atom. The maximum absolute atomic E-state index is 10.6. The molecular weight excluding hydrogens is 252 g/mol. The third-order valence-electron chi connectivity index (χ3n) is 4.04. The number of thiazole rings is 1. The van der Waals surface area contributed by atoms with Crippen LogP contribution in [0.2, 0.25) is 0 Å². The van der Waals surface area contributed by atoms with Gasteiger partial charge in [0.05, 0.1) is 11.3 Å². The topological polar surface area (TPSA) is 82.5 Å². The molecule has 0 spiro atoms. The predicted molar refractivity (Wildman–Crippen MR) is 68.0 cm³/mol. The number of carbonyl (C=O) groups is 1. The Balaban J connectivity index is 1.68. The molecular formula is C12H16N2O3S. The number of aromatic nitrogens is 1. The number of nitrogens with one attached hydrogen (secondary N) is 1. The number of aliphatic carboxylic acids is 1. The second kappa shape index (κ2) is 4.42. The zero-order valence-corrected chi connectivity index (χ0v) is 10.7. The summed E-state index contributed by atoms with van der Waals surface area (Å²) in [5.41, 5.74) is 0. The monoisotopic (exact) mass is 268 g/mol. The van der Waals surface area contributed by atoms with E-state index in [2.05, 4.69) is 10.3 Å². The summed E-state index contributed by atoms with van der Waals surface area (Å²) < 4.78 is 0. The summed E-state index contributed by atoms with van der Waals surface area (Å²) in [7, 11) is 0. The molecule has 0 radical (unpaired) electrons. The van der Waals surface area contributed by atoms with Crippen molar-refractivity contribution in [3.05, 3.63) is 4.88 Å². The Bertz CT molecular complexity index is 474. The van der Waals surface area contributed by atoms with Crippen LogP contribution in [-0.4, -0.2) is 27.2 Å². The molecule has 2 aliphatic carbocycles. The molecule has 0 amide bonds. The number of anilines is 1. The molecule has 2 fully saturated rings. The van der Waals surface area contributed by atoms with Crippen molar-refractivity contribution >= 4 is 22.4 Å². The first kappa shape index (κ1) is 11.8. The van der Waals surface area contributed by atoms with Crippen LogP contribution in [0.25, 0.3) is 0 Å². The van der Waals surface area contributed by atoms with Crippen LogP contribution < -0.4 is 5.32 Å². The number of rotatable bonds is 4. The number of hydrogen-bond acceptors (Lipinski definition) is 5. The Kier molecular flexibility index (Phi) is 2.89. The van der Waals surface area contributed by atoms with E-state index in [0.29, 0.717) is 16.1 Å². The first-order valence-electron chi connectivity index (χ1n) is 6.29. The van der Waals surface area contributed by atoms with Gasteiger partial charge in [0, 0.05) is 6.04 Å². The van der Waals surface area contributed by atoms with E-state index in [9.17, 15) is 9.90 Å². The van der Waals surface area contributed by atoms with E-state index < -0.39 is 5.97 Å². The molecule has 6 heteroatoms. The highest BCUT2D eigenvalue weighted by molar-refractivity contribution is 7.16. The first-order valence-corrected chi connectivity index (χ1v) is 7.10.